The lowest BCUT2D eigenvalue weighted by atomic mass is 10.2. The van der Waals surface area contributed by atoms with Crippen molar-refractivity contribution in [3.05, 3.63) is 67.6 Å². The van der Waals surface area contributed by atoms with Crippen molar-refractivity contribution in [1.29, 1.82) is 0 Å². The Bertz CT molecular complexity index is 1440. The number of benzene rings is 1. The zero-order chi connectivity index (χ0) is 23.1. The van der Waals surface area contributed by atoms with Crippen molar-refractivity contribution in [3.8, 4) is 0 Å². The largest absolute Gasteiger partial charge is 0.379 e. The average molecular weight is 471 g/mol. The van der Waals surface area contributed by atoms with Gasteiger partial charge in [0.25, 0.3) is 5.56 Å². The maximum atomic E-state index is 13.4. The molecular formula is C23H27ClN6O3. The van der Waals surface area contributed by atoms with Crippen molar-refractivity contribution in [2.45, 2.75) is 26.4 Å². The number of ether oxygens (including phenoxy) is 1. The highest BCUT2D eigenvalue weighted by molar-refractivity contribution is 6.30. The zero-order valence-electron chi connectivity index (χ0n) is 18.8. The van der Waals surface area contributed by atoms with Crippen LogP contribution in [0.25, 0.3) is 16.9 Å². The number of imidazole rings is 2. The second-order valence-electron chi connectivity index (χ2n) is 8.55. The number of halogens is 1. The molecule has 10 heteroatoms. The molecule has 0 aliphatic carbocycles. The SMILES string of the molecule is Cc1cn2c3c(=O)n(Cc4cccc(Cl)c4)c(=O)n(C)c3nc2n1CCCN1CCOCC1. The summed E-state index contributed by atoms with van der Waals surface area (Å²) in [5.74, 6) is 0.678. The van der Waals surface area contributed by atoms with Gasteiger partial charge in [-0.3, -0.25) is 23.2 Å². The Balaban J connectivity index is 1.53. The molecule has 0 bridgehead atoms. The number of nitrogens with zero attached hydrogens (tertiary/aromatic N) is 6. The van der Waals surface area contributed by atoms with Crippen molar-refractivity contribution in [1.82, 2.24) is 28.0 Å². The molecule has 1 aliphatic rings. The predicted octanol–water partition coefficient (Wildman–Crippen LogP) is 1.88. The standard InChI is InChI=1S/C23H27ClN6O3/c1-16-14-29-19-20(25-22(29)28(16)8-4-7-27-9-11-33-12-10-27)26(2)23(32)30(21(19)31)15-17-5-3-6-18(24)13-17/h3,5-6,13-14H,4,7-12,15H2,1-2H3. The number of aryl methyl sites for hydroxylation is 3. The number of hydrogen-bond donors (Lipinski definition) is 0. The summed E-state index contributed by atoms with van der Waals surface area (Å²) in [6, 6.07) is 7.19. The molecule has 1 aliphatic heterocycles. The summed E-state index contributed by atoms with van der Waals surface area (Å²) in [7, 11) is 1.65. The molecule has 0 saturated carbocycles. The molecule has 9 nitrogen and oxygen atoms in total. The molecule has 174 valence electrons. The van der Waals surface area contributed by atoms with E-state index in [4.69, 9.17) is 21.3 Å². The first-order chi connectivity index (χ1) is 15.9. The van der Waals surface area contributed by atoms with E-state index in [1.54, 1.807) is 19.2 Å². The fourth-order valence-electron chi connectivity index (χ4n) is 4.57. The van der Waals surface area contributed by atoms with Crippen molar-refractivity contribution < 1.29 is 4.74 Å². The van der Waals surface area contributed by atoms with E-state index in [1.165, 1.54) is 9.13 Å². The van der Waals surface area contributed by atoms with Gasteiger partial charge < -0.3 is 9.30 Å². The van der Waals surface area contributed by atoms with Gasteiger partial charge in [-0.2, -0.15) is 4.98 Å². The first-order valence-electron chi connectivity index (χ1n) is 11.2. The molecule has 0 N–H and O–H groups in total. The van der Waals surface area contributed by atoms with Crippen LogP contribution in [0.5, 0.6) is 0 Å². The first kappa shape index (κ1) is 21.9. The van der Waals surface area contributed by atoms with Gasteiger partial charge in [-0.25, -0.2) is 4.79 Å². The van der Waals surface area contributed by atoms with Gasteiger partial charge in [-0.1, -0.05) is 23.7 Å². The summed E-state index contributed by atoms with van der Waals surface area (Å²) in [6.45, 7) is 7.42. The topological polar surface area (TPSA) is 78.7 Å². The molecule has 1 saturated heterocycles. The second kappa shape index (κ2) is 8.81. The molecule has 0 amide bonds. The minimum Gasteiger partial charge on any atom is -0.379 e. The highest BCUT2D eigenvalue weighted by Crippen LogP contribution is 2.17. The molecule has 4 heterocycles. The van der Waals surface area contributed by atoms with Gasteiger partial charge in [0.15, 0.2) is 11.2 Å². The number of rotatable bonds is 6. The van der Waals surface area contributed by atoms with Gasteiger partial charge in [0.1, 0.15) is 0 Å². The van der Waals surface area contributed by atoms with Crippen LogP contribution in [0.3, 0.4) is 0 Å². The minimum atomic E-state index is -0.399. The van der Waals surface area contributed by atoms with Crippen molar-refractivity contribution >= 4 is 28.5 Å². The summed E-state index contributed by atoms with van der Waals surface area (Å²) >= 11 is 6.09. The molecular weight excluding hydrogens is 444 g/mol. The van der Waals surface area contributed by atoms with E-state index in [2.05, 4.69) is 9.47 Å². The molecule has 3 aromatic heterocycles. The Morgan fingerprint density at radius 2 is 1.91 bits per heavy atom. The Kier molecular flexibility index (Phi) is 5.86. The maximum absolute atomic E-state index is 13.4. The molecule has 33 heavy (non-hydrogen) atoms. The summed E-state index contributed by atoms with van der Waals surface area (Å²) in [6.07, 6.45) is 2.89. The van der Waals surface area contributed by atoms with E-state index in [0.717, 1.165) is 57.1 Å². The number of fused-ring (bicyclic) bond motifs is 3. The average Bonchev–Trinajstić information content (AvgIpc) is 3.31. The third-order valence-electron chi connectivity index (χ3n) is 6.33. The summed E-state index contributed by atoms with van der Waals surface area (Å²) < 4.78 is 12.0. The third-order valence-corrected chi connectivity index (χ3v) is 6.57. The Labute approximate surface area is 195 Å². The van der Waals surface area contributed by atoms with E-state index in [1.807, 2.05) is 29.7 Å². The first-order valence-corrected chi connectivity index (χ1v) is 11.5. The normalized spacial score (nSPS) is 15.1. The molecule has 0 spiro atoms. The summed E-state index contributed by atoms with van der Waals surface area (Å²) in [4.78, 5) is 33.6. The molecule has 1 fully saturated rings. The summed E-state index contributed by atoms with van der Waals surface area (Å²) in [5, 5.41) is 0.565. The maximum Gasteiger partial charge on any atom is 0.332 e. The van der Waals surface area contributed by atoms with Crippen molar-refractivity contribution in [2.24, 2.45) is 7.05 Å². The van der Waals surface area contributed by atoms with Crippen LogP contribution in [-0.4, -0.2) is 60.8 Å². The van der Waals surface area contributed by atoms with Crippen LogP contribution in [0.4, 0.5) is 0 Å². The lowest BCUT2D eigenvalue weighted by Gasteiger charge is -2.26. The molecule has 4 aromatic rings. The highest BCUT2D eigenvalue weighted by atomic mass is 35.5. The highest BCUT2D eigenvalue weighted by Gasteiger charge is 2.20. The van der Waals surface area contributed by atoms with Crippen LogP contribution < -0.4 is 11.2 Å². The van der Waals surface area contributed by atoms with Gasteiger partial charge in [-0.05, 0) is 31.0 Å². The van der Waals surface area contributed by atoms with Gasteiger partial charge in [0.2, 0.25) is 5.78 Å². The van der Waals surface area contributed by atoms with Crippen LogP contribution >= 0.6 is 11.6 Å². The molecule has 0 unspecified atom stereocenters. The fraction of sp³-hybridized carbons (Fsp3) is 0.435. The molecule has 0 radical (unpaired) electrons. The van der Waals surface area contributed by atoms with Crippen LogP contribution in [0.15, 0.2) is 40.1 Å². The Morgan fingerprint density at radius 3 is 2.67 bits per heavy atom. The van der Waals surface area contributed by atoms with E-state index in [0.29, 0.717) is 22.0 Å². The zero-order valence-corrected chi connectivity index (χ0v) is 19.6. The fourth-order valence-corrected chi connectivity index (χ4v) is 4.78. The molecule has 1 aromatic carbocycles. The van der Waals surface area contributed by atoms with Gasteiger partial charge in [0, 0.05) is 50.1 Å². The van der Waals surface area contributed by atoms with Crippen molar-refractivity contribution in [2.75, 3.05) is 32.8 Å². The summed E-state index contributed by atoms with van der Waals surface area (Å²) in [5.41, 5.74) is 1.86. The van der Waals surface area contributed by atoms with Gasteiger partial charge in [0.05, 0.1) is 19.8 Å². The lowest BCUT2D eigenvalue weighted by molar-refractivity contribution is 0.0369. The Hall–Kier alpha value is -2.88. The van der Waals surface area contributed by atoms with E-state index >= 15 is 0 Å². The van der Waals surface area contributed by atoms with Crippen LogP contribution in [0.1, 0.15) is 17.7 Å². The third kappa shape index (κ3) is 4.01. The quantitative estimate of drug-likeness (QED) is 0.430. The van der Waals surface area contributed by atoms with E-state index in [-0.39, 0.29) is 12.1 Å². The minimum absolute atomic E-state index is 0.147. The van der Waals surface area contributed by atoms with Crippen LogP contribution in [0, 0.1) is 6.92 Å². The lowest BCUT2D eigenvalue weighted by Crippen LogP contribution is -2.39. The monoisotopic (exact) mass is 470 g/mol. The van der Waals surface area contributed by atoms with Gasteiger partial charge in [-0.15, -0.1) is 0 Å². The van der Waals surface area contributed by atoms with E-state index in [9.17, 15) is 9.59 Å². The smallest absolute Gasteiger partial charge is 0.332 e. The Morgan fingerprint density at radius 1 is 1.12 bits per heavy atom. The van der Waals surface area contributed by atoms with E-state index < -0.39 is 5.69 Å². The molecule has 0 atom stereocenters. The van der Waals surface area contributed by atoms with Crippen LogP contribution in [-0.2, 0) is 24.9 Å². The number of morpholine rings is 1. The predicted molar refractivity (Wildman–Crippen MR) is 127 cm³/mol. The van der Waals surface area contributed by atoms with Crippen LogP contribution in [0.2, 0.25) is 5.02 Å². The van der Waals surface area contributed by atoms with Gasteiger partial charge >= 0.3 is 5.69 Å². The molecule has 5 rings (SSSR count). The van der Waals surface area contributed by atoms with Crippen molar-refractivity contribution in [3.63, 3.8) is 0 Å². The number of aromatic nitrogens is 5. The second-order valence-corrected chi connectivity index (χ2v) is 8.98. The number of hydrogen-bond acceptors (Lipinski definition) is 5.